The summed E-state index contributed by atoms with van der Waals surface area (Å²) in [7, 11) is 0. The average molecular weight is 549 g/mol. The van der Waals surface area contributed by atoms with Crippen molar-refractivity contribution in [1.82, 2.24) is 4.57 Å². The molecule has 0 aliphatic rings. The van der Waals surface area contributed by atoms with Gasteiger partial charge in [-0.25, -0.2) is 0 Å². The first-order chi connectivity index (χ1) is 18.0. The van der Waals surface area contributed by atoms with Gasteiger partial charge in [0, 0.05) is 33.4 Å². The number of non-ortho nitro benzene ring substituents is 1. The number of nitro groups is 1. The second-order valence-electron chi connectivity index (χ2n) is 8.38. The van der Waals surface area contributed by atoms with Gasteiger partial charge in [0.15, 0.2) is 5.78 Å². The predicted octanol–water partition coefficient (Wildman–Crippen LogP) is 8.38. The maximum Gasteiger partial charge on any atom is 0.270 e. The molecule has 5 rings (SSSR count). The van der Waals surface area contributed by atoms with Crippen molar-refractivity contribution in [2.75, 3.05) is 0 Å². The van der Waals surface area contributed by atoms with Crippen LogP contribution in [0.3, 0.4) is 0 Å². The van der Waals surface area contributed by atoms with E-state index in [4.69, 9.17) is 0 Å². The number of nitro benzene ring substituents is 1. The van der Waals surface area contributed by atoms with E-state index in [1.165, 1.54) is 24.3 Å². The van der Waals surface area contributed by atoms with Gasteiger partial charge in [0.2, 0.25) is 0 Å². The molecule has 0 N–H and O–H groups in total. The minimum absolute atomic E-state index is 0.114. The zero-order chi connectivity index (χ0) is 25.8. The molecule has 0 aliphatic carbocycles. The van der Waals surface area contributed by atoms with Gasteiger partial charge in [0.1, 0.15) is 0 Å². The van der Waals surface area contributed by atoms with E-state index in [-0.39, 0.29) is 17.0 Å². The molecule has 0 fully saturated rings. The summed E-state index contributed by atoms with van der Waals surface area (Å²) in [5, 5.41) is 11.2. The Bertz CT molecular complexity index is 1610. The van der Waals surface area contributed by atoms with Crippen LogP contribution in [-0.4, -0.2) is 15.3 Å². The van der Waals surface area contributed by atoms with Crippen LogP contribution in [0.2, 0.25) is 0 Å². The van der Waals surface area contributed by atoms with E-state index in [0.717, 1.165) is 38.2 Å². The van der Waals surface area contributed by atoms with Crippen LogP contribution >= 0.6 is 15.9 Å². The van der Waals surface area contributed by atoms with Crippen molar-refractivity contribution in [3.8, 4) is 28.2 Å². The van der Waals surface area contributed by atoms with Gasteiger partial charge in [-0.1, -0.05) is 88.7 Å². The van der Waals surface area contributed by atoms with Crippen molar-refractivity contribution >= 4 is 33.5 Å². The first-order valence-electron chi connectivity index (χ1n) is 11.6. The lowest BCUT2D eigenvalue weighted by atomic mass is 10.0. The molecular formula is C31H21BrN2O3. The van der Waals surface area contributed by atoms with Crippen LogP contribution in [0.15, 0.2) is 126 Å². The smallest absolute Gasteiger partial charge is 0.270 e. The van der Waals surface area contributed by atoms with Gasteiger partial charge in [0.05, 0.1) is 16.3 Å². The number of halogens is 1. The third-order valence-electron chi connectivity index (χ3n) is 5.99. The monoisotopic (exact) mass is 548 g/mol. The topological polar surface area (TPSA) is 65.1 Å². The predicted molar refractivity (Wildman–Crippen MR) is 151 cm³/mol. The number of carbonyl (C=O) groups excluding carboxylic acids is 1. The Hall–Kier alpha value is -4.55. The van der Waals surface area contributed by atoms with E-state index in [0.29, 0.717) is 0 Å². The third-order valence-corrected chi connectivity index (χ3v) is 6.52. The van der Waals surface area contributed by atoms with Crippen LogP contribution in [0.1, 0.15) is 15.9 Å². The van der Waals surface area contributed by atoms with Gasteiger partial charge in [-0.15, -0.1) is 0 Å². The highest BCUT2D eigenvalue weighted by Crippen LogP contribution is 2.37. The lowest BCUT2D eigenvalue weighted by Gasteiger charge is -2.15. The maximum absolute atomic E-state index is 13.0. The molecule has 6 heteroatoms. The van der Waals surface area contributed by atoms with E-state index in [1.54, 1.807) is 12.1 Å². The lowest BCUT2D eigenvalue weighted by Crippen LogP contribution is -2.00. The summed E-state index contributed by atoms with van der Waals surface area (Å²) in [6.07, 6.45) is 3.26. The van der Waals surface area contributed by atoms with Crippen molar-refractivity contribution in [2.45, 2.75) is 0 Å². The number of aromatic nitrogens is 1. The van der Waals surface area contributed by atoms with Crippen LogP contribution in [0, 0.1) is 10.1 Å². The van der Waals surface area contributed by atoms with Crippen LogP contribution in [-0.2, 0) is 0 Å². The zero-order valence-electron chi connectivity index (χ0n) is 19.6. The highest BCUT2D eigenvalue weighted by Gasteiger charge is 2.19. The normalized spacial score (nSPS) is 11.1. The Labute approximate surface area is 222 Å². The molecule has 5 nitrogen and oxygen atoms in total. The van der Waals surface area contributed by atoms with Crippen LogP contribution < -0.4 is 0 Å². The Morgan fingerprint density at radius 2 is 1.43 bits per heavy atom. The SMILES string of the molecule is O=C(/C=C/c1cc(-c2ccccc2)n(-c2ccc(Br)cc2)c1-c1ccccc1)c1cccc([N+](=O)[O-])c1. The summed E-state index contributed by atoms with van der Waals surface area (Å²) in [6.45, 7) is 0. The summed E-state index contributed by atoms with van der Waals surface area (Å²) >= 11 is 3.53. The van der Waals surface area contributed by atoms with Crippen LogP contribution in [0.4, 0.5) is 5.69 Å². The van der Waals surface area contributed by atoms with E-state index < -0.39 is 4.92 Å². The number of carbonyl (C=O) groups is 1. The molecular weight excluding hydrogens is 528 g/mol. The number of hydrogen-bond donors (Lipinski definition) is 0. The highest BCUT2D eigenvalue weighted by molar-refractivity contribution is 9.10. The fraction of sp³-hybridized carbons (Fsp3) is 0. The molecule has 0 spiro atoms. The molecule has 0 atom stereocenters. The van der Waals surface area contributed by atoms with Crippen molar-refractivity contribution in [3.63, 3.8) is 0 Å². The number of nitrogens with zero attached hydrogens (tertiary/aromatic N) is 2. The number of rotatable bonds is 7. The van der Waals surface area contributed by atoms with Crippen molar-refractivity contribution < 1.29 is 9.72 Å². The Morgan fingerprint density at radius 3 is 2.08 bits per heavy atom. The van der Waals surface area contributed by atoms with Crippen molar-refractivity contribution in [1.29, 1.82) is 0 Å². The van der Waals surface area contributed by atoms with Crippen molar-refractivity contribution in [3.05, 3.63) is 147 Å². The Morgan fingerprint density at radius 1 is 0.784 bits per heavy atom. The van der Waals surface area contributed by atoms with E-state index in [1.807, 2.05) is 72.8 Å². The standard InChI is InChI=1S/C31H21BrN2O3/c32-26-15-17-27(18-16-26)33-29(22-8-3-1-4-9-22)21-25(31(33)23-10-5-2-6-11-23)14-19-30(35)24-12-7-13-28(20-24)34(36)37/h1-21H/b19-14+. The molecule has 37 heavy (non-hydrogen) atoms. The fourth-order valence-electron chi connectivity index (χ4n) is 4.26. The molecule has 1 heterocycles. The van der Waals surface area contributed by atoms with Gasteiger partial charge >= 0.3 is 0 Å². The molecule has 1 aromatic heterocycles. The summed E-state index contributed by atoms with van der Waals surface area (Å²) in [6, 6.07) is 36.0. The average Bonchev–Trinajstić information content (AvgIpc) is 3.32. The van der Waals surface area contributed by atoms with E-state index in [9.17, 15) is 14.9 Å². The molecule has 0 saturated heterocycles. The maximum atomic E-state index is 13.0. The molecule has 180 valence electrons. The zero-order valence-corrected chi connectivity index (χ0v) is 21.2. The number of benzene rings is 4. The quantitative estimate of drug-likeness (QED) is 0.0887. The van der Waals surface area contributed by atoms with Crippen LogP contribution in [0.25, 0.3) is 34.3 Å². The van der Waals surface area contributed by atoms with E-state index in [2.05, 4.69) is 38.7 Å². The summed E-state index contributed by atoms with van der Waals surface area (Å²) in [4.78, 5) is 23.6. The molecule has 0 aliphatic heterocycles. The fourth-order valence-corrected chi connectivity index (χ4v) is 4.53. The third kappa shape index (κ3) is 5.20. The van der Waals surface area contributed by atoms with E-state index >= 15 is 0 Å². The minimum atomic E-state index is -0.502. The second-order valence-corrected chi connectivity index (χ2v) is 9.30. The summed E-state index contributed by atoms with van der Waals surface area (Å²) < 4.78 is 3.17. The highest BCUT2D eigenvalue weighted by atomic mass is 79.9. The van der Waals surface area contributed by atoms with Crippen molar-refractivity contribution in [2.24, 2.45) is 0 Å². The largest absolute Gasteiger partial charge is 0.309 e. The van der Waals surface area contributed by atoms with Gasteiger partial charge in [-0.2, -0.15) is 0 Å². The van der Waals surface area contributed by atoms with Gasteiger partial charge in [-0.05, 0) is 53.6 Å². The summed E-state index contributed by atoms with van der Waals surface area (Å²) in [5.74, 6) is -0.305. The Balaban J connectivity index is 1.69. The number of allylic oxidation sites excluding steroid dienone is 1. The van der Waals surface area contributed by atoms with Gasteiger partial charge in [-0.3, -0.25) is 14.9 Å². The molecule has 0 saturated carbocycles. The lowest BCUT2D eigenvalue weighted by molar-refractivity contribution is -0.384. The molecule has 0 amide bonds. The molecule has 5 aromatic rings. The molecule has 0 unspecified atom stereocenters. The first kappa shape index (κ1) is 24.2. The molecule has 0 radical (unpaired) electrons. The number of hydrogen-bond acceptors (Lipinski definition) is 3. The number of ketones is 1. The van der Waals surface area contributed by atoms with Crippen LogP contribution in [0.5, 0.6) is 0 Å². The Kier molecular flexibility index (Phi) is 6.92. The first-order valence-corrected chi connectivity index (χ1v) is 12.4. The van der Waals surface area contributed by atoms with Gasteiger partial charge < -0.3 is 4.57 Å². The molecule has 4 aromatic carbocycles. The van der Waals surface area contributed by atoms with Gasteiger partial charge in [0.25, 0.3) is 5.69 Å². The minimum Gasteiger partial charge on any atom is -0.309 e. The molecule has 0 bridgehead atoms. The second kappa shape index (κ2) is 10.6. The summed E-state index contributed by atoms with van der Waals surface area (Å²) in [5.41, 5.74) is 5.92.